The van der Waals surface area contributed by atoms with E-state index in [4.69, 9.17) is 0 Å². The molecule has 0 aliphatic heterocycles. The predicted octanol–water partition coefficient (Wildman–Crippen LogP) is 9.85. The first-order valence-corrected chi connectivity index (χ1v) is 15.7. The van der Waals surface area contributed by atoms with Gasteiger partial charge in [0.1, 0.15) is 6.54 Å². The van der Waals surface area contributed by atoms with Gasteiger partial charge in [-0.05, 0) is 6.42 Å². The van der Waals surface area contributed by atoms with Gasteiger partial charge < -0.3 is 0 Å². The number of pyridine rings is 2. The molecule has 0 unspecified atom stereocenters. The van der Waals surface area contributed by atoms with Crippen LogP contribution in [0.15, 0.2) is 61.2 Å². The zero-order valence-electron chi connectivity index (χ0n) is 24.8. The normalized spacial score (nSPS) is 10.4. The topological polar surface area (TPSA) is 24.8 Å². The predicted molar refractivity (Wildman–Crippen MR) is 165 cm³/mol. The molecule has 0 radical (unpaired) electrons. The smallest absolute Gasteiger partial charge is 0.220 e. The highest BCUT2D eigenvalue weighted by Gasteiger charge is 2.01. The lowest BCUT2D eigenvalue weighted by Gasteiger charge is -2.04. The molecule has 0 spiro atoms. The van der Waals surface area contributed by atoms with Crippen LogP contribution >= 0.6 is 12.4 Å². The second kappa shape index (κ2) is 28.3. The van der Waals surface area contributed by atoms with E-state index in [1.165, 1.54) is 146 Å². The molecule has 0 amide bonds. The molecule has 0 saturated heterocycles. The van der Waals surface area contributed by atoms with Crippen molar-refractivity contribution in [1.82, 2.24) is 0 Å². The summed E-state index contributed by atoms with van der Waals surface area (Å²) in [5.74, 6) is 0.0376. The fourth-order valence-electron chi connectivity index (χ4n) is 4.74. The molecule has 0 bridgehead atoms. The molecular weight excluding hydrogens is 488 g/mol. The maximum atomic E-state index is 10.6. The van der Waals surface area contributed by atoms with Gasteiger partial charge in [0.05, 0.1) is 6.92 Å². The van der Waals surface area contributed by atoms with E-state index in [0.29, 0.717) is 0 Å². The van der Waals surface area contributed by atoms with Crippen molar-refractivity contribution in [2.75, 3.05) is 0 Å². The molecule has 0 fully saturated rings. The lowest BCUT2D eigenvalue weighted by atomic mass is 10.0. The quantitative estimate of drug-likeness (QED) is 0.113. The number of aryl methyl sites for hydroxylation is 1. The van der Waals surface area contributed by atoms with Crippen LogP contribution in [-0.2, 0) is 6.54 Å². The third-order valence-electron chi connectivity index (χ3n) is 7.13. The SMILES string of the molecule is CC(=O)[n+]1ccccc1.CCCCCCCCCCCCCCCCCCCCCC[n+]1ccccc1.Cl. The maximum absolute atomic E-state index is 10.6. The van der Waals surface area contributed by atoms with Gasteiger partial charge in [-0.3, -0.25) is 0 Å². The minimum absolute atomic E-state index is 0. The van der Waals surface area contributed by atoms with Crippen LogP contribution in [0.5, 0.6) is 0 Å². The number of hydrogen-bond donors (Lipinski definition) is 0. The van der Waals surface area contributed by atoms with E-state index in [2.05, 4.69) is 42.1 Å². The summed E-state index contributed by atoms with van der Waals surface area (Å²) in [5.41, 5.74) is 0. The Morgan fingerprint density at radius 2 is 0.789 bits per heavy atom. The Balaban J connectivity index is 0.00000115. The maximum Gasteiger partial charge on any atom is 0.389 e. The second-order valence-electron chi connectivity index (χ2n) is 10.6. The number of nitrogens with zero attached hydrogens (tertiary/aromatic N) is 2. The Labute approximate surface area is 241 Å². The van der Waals surface area contributed by atoms with Crippen molar-refractivity contribution < 1.29 is 13.9 Å². The standard InChI is InChI=1S/C27H50N.C7H8NO.ClH/c1-2-3-4-5-6-7-8-9-10-11-12-13-14-15-16-17-18-19-20-22-25-28-26-23-21-24-27-28;1-7(9)8-5-3-2-4-6-8;/h21,23-24,26-27H,2-20,22,25H2,1H3;2-6H,1H3;1H/q2*+1;. The van der Waals surface area contributed by atoms with Gasteiger partial charge in [-0.1, -0.05) is 135 Å². The molecule has 216 valence electrons. The van der Waals surface area contributed by atoms with E-state index in [0.717, 1.165) is 0 Å². The summed E-state index contributed by atoms with van der Waals surface area (Å²) in [6.07, 6.45) is 36.8. The molecule has 0 aliphatic carbocycles. The third-order valence-corrected chi connectivity index (χ3v) is 7.13. The molecule has 0 aromatic carbocycles. The summed E-state index contributed by atoms with van der Waals surface area (Å²) in [5, 5.41) is 0. The van der Waals surface area contributed by atoms with Gasteiger partial charge in [0.15, 0.2) is 24.8 Å². The van der Waals surface area contributed by atoms with Crippen molar-refractivity contribution in [2.24, 2.45) is 0 Å². The highest BCUT2D eigenvalue weighted by atomic mass is 35.5. The van der Waals surface area contributed by atoms with E-state index in [1.54, 1.807) is 12.4 Å². The number of hydrogen-bond acceptors (Lipinski definition) is 1. The van der Waals surface area contributed by atoms with Crippen molar-refractivity contribution in [3.8, 4) is 0 Å². The minimum Gasteiger partial charge on any atom is -0.220 e. The molecule has 2 rings (SSSR count). The molecule has 38 heavy (non-hydrogen) atoms. The Morgan fingerprint density at radius 1 is 0.474 bits per heavy atom. The summed E-state index contributed by atoms with van der Waals surface area (Å²) in [4.78, 5) is 10.6. The summed E-state index contributed by atoms with van der Waals surface area (Å²) < 4.78 is 3.83. The fraction of sp³-hybridized carbons (Fsp3) is 0.676. The summed E-state index contributed by atoms with van der Waals surface area (Å²) in [6, 6.07) is 11.9. The molecule has 2 aromatic rings. The average molecular weight is 547 g/mol. The van der Waals surface area contributed by atoms with Crippen LogP contribution in [0.1, 0.15) is 147 Å². The Hall–Kier alpha value is -1.74. The number of aromatic nitrogens is 2. The van der Waals surface area contributed by atoms with E-state index in [-0.39, 0.29) is 18.3 Å². The molecule has 2 aromatic heterocycles. The van der Waals surface area contributed by atoms with Crippen molar-refractivity contribution in [2.45, 2.75) is 149 Å². The largest absolute Gasteiger partial charge is 0.389 e. The average Bonchev–Trinajstić information content (AvgIpc) is 2.93. The molecule has 0 aliphatic rings. The molecule has 2 heterocycles. The number of carbonyl (C=O) groups is 1. The van der Waals surface area contributed by atoms with Crippen LogP contribution in [0.2, 0.25) is 0 Å². The lowest BCUT2D eigenvalue weighted by Crippen LogP contribution is -2.38. The van der Waals surface area contributed by atoms with Gasteiger partial charge in [0.2, 0.25) is 0 Å². The van der Waals surface area contributed by atoms with Crippen LogP contribution in [0.4, 0.5) is 0 Å². The van der Waals surface area contributed by atoms with Gasteiger partial charge in [0.25, 0.3) is 0 Å². The molecule has 0 saturated carbocycles. The van der Waals surface area contributed by atoms with Crippen LogP contribution in [0.25, 0.3) is 0 Å². The minimum atomic E-state index is 0. The first-order chi connectivity index (χ1) is 18.2. The van der Waals surface area contributed by atoms with E-state index >= 15 is 0 Å². The lowest BCUT2D eigenvalue weighted by molar-refractivity contribution is -0.697. The fourth-order valence-corrected chi connectivity index (χ4v) is 4.74. The number of rotatable bonds is 21. The second-order valence-corrected chi connectivity index (χ2v) is 10.6. The van der Waals surface area contributed by atoms with Gasteiger partial charge in [-0.25, -0.2) is 9.36 Å². The monoisotopic (exact) mass is 546 g/mol. The van der Waals surface area contributed by atoms with Gasteiger partial charge in [-0.2, -0.15) is 0 Å². The molecule has 3 nitrogen and oxygen atoms in total. The molecular formula is C34H59ClN2O+2. The highest BCUT2D eigenvalue weighted by Crippen LogP contribution is 2.14. The first-order valence-electron chi connectivity index (χ1n) is 15.7. The van der Waals surface area contributed by atoms with E-state index in [1.807, 2.05) is 18.2 Å². The van der Waals surface area contributed by atoms with Crippen LogP contribution in [0, 0.1) is 0 Å². The Bertz CT molecular complexity index is 739. The molecule has 0 atom stereocenters. The van der Waals surface area contributed by atoms with Crippen molar-refractivity contribution >= 4 is 18.3 Å². The highest BCUT2D eigenvalue weighted by molar-refractivity contribution is 5.85. The van der Waals surface area contributed by atoms with E-state index < -0.39 is 0 Å². The molecule has 0 N–H and O–H groups in total. The zero-order valence-corrected chi connectivity index (χ0v) is 25.7. The van der Waals surface area contributed by atoms with Crippen molar-refractivity contribution in [1.29, 1.82) is 0 Å². The third kappa shape index (κ3) is 23.4. The van der Waals surface area contributed by atoms with Crippen molar-refractivity contribution in [3.63, 3.8) is 0 Å². The van der Waals surface area contributed by atoms with Crippen molar-refractivity contribution in [3.05, 3.63) is 61.2 Å². The summed E-state index contributed by atoms with van der Waals surface area (Å²) in [7, 11) is 0. The van der Waals surface area contributed by atoms with Crippen LogP contribution in [0.3, 0.4) is 0 Å². The number of carbonyl (C=O) groups excluding carboxylic acids is 1. The Morgan fingerprint density at radius 3 is 1.11 bits per heavy atom. The Kier molecular flexibility index (Phi) is 27.0. The van der Waals surface area contributed by atoms with Crippen LogP contribution in [-0.4, -0.2) is 5.91 Å². The van der Waals surface area contributed by atoms with E-state index in [9.17, 15) is 4.79 Å². The van der Waals surface area contributed by atoms with Gasteiger partial charge in [-0.15, -0.1) is 17.0 Å². The number of halogens is 1. The summed E-state index contributed by atoms with van der Waals surface area (Å²) in [6.45, 7) is 5.01. The van der Waals surface area contributed by atoms with Crippen LogP contribution < -0.4 is 9.13 Å². The summed E-state index contributed by atoms with van der Waals surface area (Å²) >= 11 is 0. The zero-order chi connectivity index (χ0) is 26.7. The first kappa shape index (κ1) is 36.3. The van der Waals surface area contributed by atoms with Gasteiger partial charge >= 0.3 is 5.91 Å². The molecule has 4 heteroatoms. The number of unbranched alkanes of at least 4 members (excludes halogenated alkanes) is 19. The van der Waals surface area contributed by atoms with Gasteiger partial charge in [0, 0.05) is 30.7 Å².